The molecule has 0 unspecified atom stereocenters. The summed E-state index contributed by atoms with van der Waals surface area (Å²) in [6.45, 7) is 7.24. The zero-order valence-electron chi connectivity index (χ0n) is 18.4. The zero-order chi connectivity index (χ0) is 21.8. The van der Waals surface area contributed by atoms with Crippen LogP contribution in [0.3, 0.4) is 0 Å². The molecule has 1 aromatic carbocycles. The van der Waals surface area contributed by atoms with E-state index in [1.807, 2.05) is 39.8 Å². The predicted octanol–water partition coefficient (Wildman–Crippen LogP) is 3.23. The molecule has 2 N–H and O–H groups in total. The lowest BCUT2D eigenvalue weighted by Gasteiger charge is -2.28. The fraction of sp³-hybridized carbons (Fsp3) is 0.625. The third kappa shape index (κ3) is 5.21. The molecule has 164 valence electrons. The average molecular weight is 415 g/mol. The Kier molecular flexibility index (Phi) is 7.16. The van der Waals surface area contributed by atoms with Crippen LogP contribution in [0.2, 0.25) is 0 Å². The number of ether oxygens (including phenoxy) is 1. The summed E-state index contributed by atoms with van der Waals surface area (Å²) in [5, 5.41) is 5.76. The number of rotatable bonds is 8. The number of carbonyl (C=O) groups excluding carboxylic acids is 3. The Morgan fingerprint density at radius 1 is 1.07 bits per heavy atom. The van der Waals surface area contributed by atoms with Gasteiger partial charge in [0.25, 0.3) is 11.8 Å². The van der Waals surface area contributed by atoms with Gasteiger partial charge in [-0.25, -0.2) is 4.79 Å². The maximum Gasteiger partial charge on any atom is 0.329 e. The smallest absolute Gasteiger partial charge is 0.329 e. The minimum Gasteiger partial charge on any atom is -0.454 e. The van der Waals surface area contributed by atoms with Crippen LogP contribution >= 0.6 is 0 Å². The van der Waals surface area contributed by atoms with Crippen LogP contribution in [-0.4, -0.2) is 36.5 Å². The Balaban J connectivity index is 1.49. The number of amides is 2. The molecular formula is C24H34N2O4. The third-order valence-electron chi connectivity index (χ3n) is 6.77. The van der Waals surface area contributed by atoms with Crippen LogP contribution in [0, 0.1) is 30.6 Å². The monoisotopic (exact) mass is 414 g/mol. The van der Waals surface area contributed by atoms with Gasteiger partial charge in [-0.3, -0.25) is 9.59 Å². The van der Waals surface area contributed by atoms with Crippen molar-refractivity contribution in [3.63, 3.8) is 0 Å². The second-order valence-corrected chi connectivity index (χ2v) is 9.31. The summed E-state index contributed by atoms with van der Waals surface area (Å²) in [6, 6.07) is 6.49. The van der Waals surface area contributed by atoms with Crippen LogP contribution < -0.4 is 10.6 Å². The SMILES string of the molecule is Cc1ccccc1C(=O)N[C@H](C(=O)OCC(=O)N[C@H](C)[C@H]1C[C@H]2CC[C@H]1C2)C(C)C. The molecule has 0 spiro atoms. The van der Waals surface area contributed by atoms with Gasteiger partial charge in [-0.1, -0.05) is 38.5 Å². The van der Waals surface area contributed by atoms with Crippen molar-refractivity contribution in [2.24, 2.45) is 23.7 Å². The Hall–Kier alpha value is -2.37. The van der Waals surface area contributed by atoms with Crippen LogP contribution in [0.5, 0.6) is 0 Å². The van der Waals surface area contributed by atoms with Crippen molar-refractivity contribution in [3.05, 3.63) is 35.4 Å². The number of fused-ring (bicyclic) bond motifs is 2. The number of carbonyl (C=O) groups is 3. The Morgan fingerprint density at radius 3 is 2.40 bits per heavy atom. The highest BCUT2D eigenvalue weighted by atomic mass is 16.5. The Labute approximate surface area is 179 Å². The van der Waals surface area contributed by atoms with E-state index in [0.717, 1.165) is 17.4 Å². The van der Waals surface area contributed by atoms with Crippen molar-refractivity contribution >= 4 is 17.8 Å². The van der Waals surface area contributed by atoms with Gasteiger partial charge in [0.1, 0.15) is 6.04 Å². The number of esters is 1. The van der Waals surface area contributed by atoms with E-state index < -0.39 is 12.0 Å². The molecule has 6 nitrogen and oxygen atoms in total. The van der Waals surface area contributed by atoms with Crippen LogP contribution in [0.25, 0.3) is 0 Å². The Morgan fingerprint density at radius 2 is 1.80 bits per heavy atom. The molecule has 2 bridgehead atoms. The predicted molar refractivity (Wildman–Crippen MR) is 115 cm³/mol. The number of benzene rings is 1. The van der Waals surface area contributed by atoms with Crippen molar-refractivity contribution in [2.75, 3.05) is 6.61 Å². The van der Waals surface area contributed by atoms with Crippen molar-refractivity contribution < 1.29 is 19.1 Å². The minimum atomic E-state index is -0.812. The van der Waals surface area contributed by atoms with E-state index in [4.69, 9.17) is 4.74 Å². The Bertz CT molecular complexity index is 791. The van der Waals surface area contributed by atoms with E-state index in [1.165, 1.54) is 25.7 Å². The molecule has 0 aromatic heterocycles. The lowest BCUT2D eigenvalue weighted by molar-refractivity contribution is -0.151. The van der Waals surface area contributed by atoms with Crippen LogP contribution in [0.1, 0.15) is 62.4 Å². The molecule has 5 atom stereocenters. The second kappa shape index (κ2) is 9.63. The first-order valence-corrected chi connectivity index (χ1v) is 11.1. The van der Waals surface area contributed by atoms with E-state index in [9.17, 15) is 14.4 Å². The first kappa shape index (κ1) is 22.3. The molecule has 30 heavy (non-hydrogen) atoms. The minimum absolute atomic E-state index is 0.0909. The lowest BCUT2D eigenvalue weighted by atomic mass is 9.84. The normalized spacial score (nSPS) is 24.4. The van der Waals surface area contributed by atoms with Crippen LogP contribution in [-0.2, 0) is 14.3 Å². The van der Waals surface area contributed by atoms with Crippen LogP contribution in [0.4, 0.5) is 0 Å². The van der Waals surface area contributed by atoms with E-state index in [0.29, 0.717) is 11.5 Å². The van der Waals surface area contributed by atoms with Gasteiger partial charge in [0.05, 0.1) is 0 Å². The van der Waals surface area contributed by atoms with Gasteiger partial charge >= 0.3 is 5.97 Å². The molecule has 3 rings (SSSR count). The molecular weight excluding hydrogens is 380 g/mol. The van der Waals surface area contributed by atoms with Crippen molar-refractivity contribution in [1.82, 2.24) is 10.6 Å². The maximum atomic E-state index is 12.6. The summed E-state index contributed by atoms with van der Waals surface area (Å²) in [6.07, 6.45) is 5.06. The van der Waals surface area contributed by atoms with E-state index in [1.54, 1.807) is 12.1 Å². The second-order valence-electron chi connectivity index (χ2n) is 9.31. The van der Waals surface area contributed by atoms with Crippen LogP contribution in [0.15, 0.2) is 24.3 Å². The molecule has 2 amide bonds. The summed E-state index contributed by atoms with van der Waals surface area (Å²) >= 11 is 0. The summed E-state index contributed by atoms with van der Waals surface area (Å²) in [7, 11) is 0. The molecule has 2 aliphatic rings. The first-order valence-electron chi connectivity index (χ1n) is 11.1. The van der Waals surface area contributed by atoms with Crippen molar-refractivity contribution in [3.8, 4) is 0 Å². The average Bonchev–Trinajstić information content (AvgIpc) is 3.34. The first-order chi connectivity index (χ1) is 14.3. The van der Waals surface area contributed by atoms with Gasteiger partial charge < -0.3 is 15.4 Å². The standard InChI is InChI=1S/C24H34N2O4/c1-14(2)22(26-23(28)19-8-6-5-7-15(19)3)24(29)30-13-21(27)25-16(4)20-12-17-9-10-18(20)11-17/h5-8,14,16-18,20,22H,9-13H2,1-4H3,(H,25,27)(H,26,28)/t16-,17+,18+,20-,22+/m1/s1. The molecule has 0 saturated heterocycles. The maximum absolute atomic E-state index is 12.6. The van der Waals surface area contributed by atoms with Crippen molar-refractivity contribution in [2.45, 2.75) is 65.5 Å². The largest absolute Gasteiger partial charge is 0.454 e. The third-order valence-corrected chi connectivity index (χ3v) is 6.77. The summed E-state index contributed by atoms with van der Waals surface area (Å²) in [5.41, 5.74) is 1.35. The number of hydrogen-bond acceptors (Lipinski definition) is 4. The fourth-order valence-corrected chi connectivity index (χ4v) is 5.08. The fourth-order valence-electron chi connectivity index (χ4n) is 5.08. The number of nitrogens with one attached hydrogen (secondary N) is 2. The van der Waals surface area contributed by atoms with Gasteiger partial charge in [0.2, 0.25) is 0 Å². The van der Waals surface area contributed by atoms with Gasteiger partial charge in [0, 0.05) is 11.6 Å². The van der Waals surface area contributed by atoms with E-state index in [2.05, 4.69) is 10.6 Å². The highest BCUT2D eigenvalue weighted by molar-refractivity contribution is 5.98. The molecule has 2 saturated carbocycles. The molecule has 1 aromatic rings. The van der Waals surface area contributed by atoms with Gasteiger partial charge in [-0.15, -0.1) is 0 Å². The summed E-state index contributed by atoms with van der Waals surface area (Å²) in [5.74, 6) is 0.705. The molecule has 0 radical (unpaired) electrons. The topological polar surface area (TPSA) is 84.5 Å². The lowest BCUT2D eigenvalue weighted by Crippen LogP contribution is -2.47. The summed E-state index contributed by atoms with van der Waals surface area (Å²) < 4.78 is 5.25. The number of aryl methyl sites for hydroxylation is 1. The molecule has 0 aliphatic heterocycles. The highest BCUT2D eigenvalue weighted by Crippen LogP contribution is 2.49. The summed E-state index contributed by atoms with van der Waals surface area (Å²) in [4.78, 5) is 37.5. The van der Waals surface area contributed by atoms with E-state index >= 15 is 0 Å². The highest BCUT2D eigenvalue weighted by Gasteiger charge is 2.42. The molecule has 0 heterocycles. The zero-order valence-corrected chi connectivity index (χ0v) is 18.4. The quantitative estimate of drug-likeness (QED) is 0.640. The van der Waals surface area contributed by atoms with Crippen molar-refractivity contribution in [1.29, 1.82) is 0 Å². The van der Waals surface area contributed by atoms with Gasteiger partial charge in [-0.05, 0) is 68.4 Å². The number of hydrogen-bond donors (Lipinski definition) is 2. The van der Waals surface area contributed by atoms with Gasteiger partial charge in [-0.2, -0.15) is 0 Å². The molecule has 2 aliphatic carbocycles. The van der Waals surface area contributed by atoms with E-state index in [-0.39, 0.29) is 30.4 Å². The molecule has 2 fully saturated rings. The molecule has 6 heteroatoms. The van der Waals surface area contributed by atoms with Gasteiger partial charge in [0.15, 0.2) is 6.61 Å².